The van der Waals surface area contributed by atoms with E-state index < -0.39 is 5.97 Å². The van der Waals surface area contributed by atoms with Crippen LogP contribution < -0.4 is 9.47 Å². The molecule has 0 spiro atoms. The number of aromatic nitrogens is 1. The van der Waals surface area contributed by atoms with E-state index in [-0.39, 0.29) is 15.2 Å². The predicted octanol–water partition coefficient (Wildman–Crippen LogP) is 3.86. The van der Waals surface area contributed by atoms with Gasteiger partial charge in [-0.15, -0.1) is 0 Å². The fourth-order valence-electron chi connectivity index (χ4n) is 1.57. The highest BCUT2D eigenvalue weighted by atomic mass is 35.5. The third-order valence-corrected chi connectivity index (χ3v) is 3.90. The number of carboxylic acids is 1. The molecule has 0 aliphatic rings. The number of rotatable bonds is 5. The number of aromatic carboxylic acids is 1. The number of benzene rings is 1. The van der Waals surface area contributed by atoms with Crippen molar-refractivity contribution in [2.75, 3.05) is 7.11 Å². The molecule has 0 bridgehead atoms. The minimum atomic E-state index is -1.13. The van der Waals surface area contributed by atoms with Gasteiger partial charge in [-0.25, -0.2) is 4.79 Å². The van der Waals surface area contributed by atoms with Crippen LogP contribution in [0.4, 0.5) is 0 Å². The summed E-state index contributed by atoms with van der Waals surface area (Å²) in [7, 11) is 1.54. The second-order valence-electron chi connectivity index (χ2n) is 3.85. The summed E-state index contributed by atoms with van der Waals surface area (Å²) in [6.07, 6.45) is 0.878. The largest absolute Gasteiger partial charge is 0.493 e. The summed E-state index contributed by atoms with van der Waals surface area (Å²) >= 11 is 6.61. The Morgan fingerprint density at radius 2 is 2.20 bits per heavy atom. The van der Waals surface area contributed by atoms with E-state index in [0.29, 0.717) is 11.5 Å². The van der Waals surface area contributed by atoms with Crippen molar-refractivity contribution >= 4 is 28.9 Å². The number of carbonyl (C=O) groups is 1. The van der Waals surface area contributed by atoms with Crippen LogP contribution in [0.3, 0.4) is 0 Å². The van der Waals surface area contributed by atoms with Gasteiger partial charge >= 0.3 is 5.97 Å². The quantitative estimate of drug-likeness (QED) is 0.907. The first-order chi connectivity index (χ1) is 9.55. The molecule has 0 saturated carbocycles. The van der Waals surface area contributed by atoms with Crippen molar-refractivity contribution in [1.29, 1.82) is 0 Å². The summed E-state index contributed by atoms with van der Waals surface area (Å²) in [4.78, 5) is 14.7. The molecule has 1 N–H and O–H groups in total. The predicted molar refractivity (Wildman–Crippen MR) is 76.5 cm³/mol. The van der Waals surface area contributed by atoms with Gasteiger partial charge in [0.15, 0.2) is 21.5 Å². The molecule has 20 heavy (non-hydrogen) atoms. The van der Waals surface area contributed by atoms with E-state index in [9.17, 15) is 4.79 Å². The zero-order valence-corrected chi connectivity index (χ0v) is 12.4. The number of ether oxygens (including phenoxy) is 2. The Hall–Kier alpha value is -1.79. The first kappa shape index (κ1) is 14.6. The van der Waals surface area contributed by atoms with Gasteiger partial charge in [0.05, 0.1) is 7.11 Å². The SMILES string of the molecule is CCc1ccc(Oc2nc(Cl)c(C(=O)O)s2)c(OC)c1. The summed E-state index contributed by atoms with van der Waals surface area (Å²) < 4.78 is 10.8. The van der Waals surface area contributed by atoms with Crippen molar-refractivity contribution in [3.8, 4) is 16.7 Å². The molecule has 7 heteroatoms. The lowest BCUT2D eigenvalue weighted by molar-refractivity contribution is 0.0702. The Bertz CT molecular complexity index is 641. The second-order valence-corrected chi connectivity index (χ2v) is 5.17. The molecule has 0 saturated heterocycles. The molecule has 2 aromatic rings. The molecule has 0 radical (unpaired) electrons. The maximum atomic E-state index is 10.9. The molecule has 5 nitrogen and oxygen atoms in total. The van der Waals surface area contributed by atoms with Gasteiger partial charge in [0.2, 0.25) is 0 Å². The normalized spacial score (nSPS) is 10.3. The third-order valence-electron chi connectivity index (χ3n) is 2.59. The van der Waals surface area contributed by atoms with E-state index in [0.717, 1.165) is 23.3 Å². The van der Waals surface area contributed by atoms with Crippen molar-refractivity contribution in [2.24, 2.45) is 0 Å². The lowest BCUT2D eigenvalue weighted by Crippen LogP contribution is -1.91. The summed E-state index contributed by atoms with van der Waals surface area (Å²) in [5.41, 5.74) is 1.11. The van der Waals surface area contributed by atoms with Crippen LogP contribution in [0.5, 0.6) is 16.7 Å². The number of thiazole rings is 1. The van der Waals surface area contributed by atoms with Gasteiger partial charge in [-0.3, -0.25) is 0 Å². The molecular formula is C13H12ClNO4S. The molecular weight excluding hydrogens is 302 g/mol. The number of carboxylic acid groups (broad SMARTS) is 1. The van der Waals surface area contributed by atoms with Crippen LogP contribution in [0, 0.1) is 0 Å². The molecule has 0 fully saturated rings. The molecule has 1 aromatic carbocycles. The van der Waals surface area contributed by atoms with Crippen LogP contribution in [0.2, 0.25) is 5.15 Å². The number of nitrogens with zero attached hydrogens (tertiary/aromatic N) is 1. The molecule has 0 unspecified atom stereocenters. The molecule has 106 valence electrons. The molecule has 0 amide bonds. The van der Waals surface area contributed by atoms with E-state index in [1.807, 2.05) is 19.1 Å². The number of aryl methyl sites for hydroxylation is 1. The molecule has 0 atom stereocenters. The van der Waals surface area contributed by atoms with E-state index >= 15 is 0 Å². The fraction of sp³-hybridized carbons (Fsp3) is 0.231. The van der Waals surface area contributed by atoms with Crippen molar-refractivity contribution < 1.29 is 19.4 Å². The number of hydrogen-bond acceptors (Lipinski definition) is 5. The van der Waals surface area contributed by atoms with Crippen LogP contribution in [0.15, 0.2) is 18.2 Å². The topological polar surface area (TPSA) is 68.7 Å². The maximum absolute atomic E-state index is 10.9. The fourth-order valence-corrected chi connectivity index (χ4v) is 2.55. The highest BCUT2D eigenvalue weighted by molar-refractivity contribution is 7.15. The number of methoxy groups -OCH3 is 1. The van der Waals surface area contributed by atoms with Gasteiger partial charge in [0.1, 0.15) is 0 Å². The van der Waals surface area contributed by atoms with E-state index in [2.05, 4.69) is 4.98 Å². The average Bonchev–Trinajstić information content (AvgIpc) is 2.80. The number of halogens is 1. The van der Waals surface area contributed by atoms with Crippen molar-refractivity contribution in [2.45, 2.75) is 13.3 Å². The maximum Gasteiger partial charge on any atom is 0.349 e. The third kappa shape index (κ3) is 3.02. The van der Waals surface area contributed by atoms with Crippen molar-refractivity contribution in [3.63, 3.8) is 0 Å². The second kappa shape index (κ2) is 6.11. The monoisotopic (exact) mass is 313 g/mol. The minimum absolute atomic E-state index is 0.0502. The van der Waals surface area contributed by atoms with E-state index in [1.165, 1.54) is 0 Å². The summed E-state index contributed by atoms with van der Waals surface area (Å²) in [6.45, 7) is 2.04. The minimum Gasteiger partial charge on any atom is -0.493 e. The highest BCUT2D eigenvalue weighted by Gasteiger charge is 2.18. The smallest absolute Gasteiger partial charge is 0.349 e. The Morgan fingerprint density at radius 1 is 1.45 bits per heavy atom. The zero-order chi connectivity index (χ0) is 14.7. The van der Waals surface area contributed by atoms with E-state index in [1.54, 1.807) is 13.2 Å². The van der Waals surface area contributed by atoms with Gasteiger partial charge in [0.25, 0.3) is 5.19 Å². The molecule has 2 rings (SSSR count). The van der Waals surface area contributed by atoms with E-state index in [4.69, 9.17) is 26.2 Å². The standard InChI is InChI=1S/C13H12ClNO4S/c1-3-7-4-5-8(9(6-7)18-2)19-13-15-11(14)10(20-13)12(16)17/h4-6H,3H2,1-2H3,(H,16,17). The molecule has 0 aliphatic heterocycles. The van der Waals surface area contributed by atoms with Crippen LogP contribution in [-0.2, 0) is 6.42 Å². The van der Waals surface area contributed by atoms with Gasteiger partial charge < -0.3 is 14.6 Å². The molecule has 1 heterocycles. The Morgan fingerprint density at radius 3 is 2.75 bits per heavy atom. The van der Waals surface area contributed by atoms with Crippen LogP contribution in [0.25, 0.3) is 0 Å². The highest BCUT2D eigenvalue weighted by Crippen LogP contribution is 2.36. The molecule has 0 aliphatic carbocycles. The lowest BCUT2D eigenvalue weighted by Gasteiger charge is -2.09. The Balaban J connectivity index is 2.30. The molecule has 1 aromatic heterocycles. The van der Waals surface area contributed by atoms with Crippen molar-refractivity contribution in [3.05, 3.63) is 33.8 Å². The number of hydrogen-bond donors (Lipinski definition) is 1. The summed E-state index contributed by atoms with van der Waals surface area (Å²) in [5, 5.41) is 9.00. The first-order valence-corrected chi connectivity index (χ1v) is 6.99. The lowest BCUT2D eigenvalue weighted by atomic mass is 10.1. The zero-order valence-electron chi connectivity index (χ0n) is 10.8. The van der Waals surface area contributed by atoms with Crippen molar-refractivity contribution in [1.82, 2.24) is 4.98 Å². The summed E-state index contributed by atoms with van der Waals surface area (Å²) in [6, 6.07) is 5.53. The first-order valence-electron chi connectivity index (χ1n) is 5.79. The van der Waals surface area contributed by atoms with Gasteiger partial charge in [-0.05, 0) is 24.1 Å². The van der Waals surface area contributed by atoms with Crippen LogP contribution in [0.1, 0.15) is 22.2 Å². The summed E-state index contributed by atoms with van der Waals surface area (Å²) in [5.74, 6) is -0.102. The van der Waals surface area contributed by atoms with Crippen LogP contribution in [-0.4, -0.2) is 23.2 Å². The average molecular weight is 314 g/mol. The Labute approximate surface area is 124 Å². The van der Waals surface area contributed by atoms with Gasteiger partial charge in [-0.1, -0.05) is 35.9 Å². The van der Waals surface area contributed by atoms with Gasteiger partial charge in [0, 0.05) is 0 Å². The van der Waals surface area contributed by atoms with Gasteiger partial charge in [-0.2, -0.15) is 4.98 Å². The van der Waals surface area contributed by atoms with Crippen LogP contribution >= 0.6 is 22.9 Å². The Kier molecular flexibility index (Phi) is 4.46.